The van der Waals surface area contributed by atoms with Crippen molar-refractivity contribution in [3.63, 3.8) is 0 Å². The van der Waals surface area contributed by atoms with E-state index in [0.29, 0.717) is 23.1 Å². The largest absolute Gasteiger partial charge is 0.485 e. The number of amides is 1. The smallest absolute Gasteiger partial charge is 0.271 e. The number of hydrogen-bond donors (Lipinski definition) is 0. The van der Waals surface area contributed by atoms with Crippen molar-refractivity contribution < 1.29 is 14.3 Å². The van der Waals surface area contributed by atoms with E-state index in [0.717, 1.165) is 16.3 Å². The molecule has 2 aliphatic heterocycles. The van der Waals surface area contributed by atoms with Crippen LogP contribution in [0.3, 0.4) is 0 Å². The number of thioether (sulfide) groups is 1. The van der Waals surface area contributed by atoms with E-state index >= 15 is 0 Å². The van der Waals surface area contributed by atoms with Crippen LogP contribution in [0.4, 0.5) is 5.69 Å². The highest BCUT2D eigenvalue weighted by Crippen LogP contribution is 2.38. The molecule has 6 heteroatoms. The first-order chi connectivity index (χ1) is 11.2. The van der Waals surface area contributed by atoms with Crippen molar-refractivity contribution >= 4 is 35.0 Å². The van der Waals surface area contributed by atoms with Crippen molar-refractivity contribution in [1.82, 2.24) is 0 Å². The molecule has 2 aromatic rings. The molecule has 23 heavy (non-hydrogen) atoms. The second-order valence-electron chi connectivity index (χ2n) is 5.31. The lowest BCUT2D eigenvalue weighted by atomic mass is 10.2. The van der Waals surface area contributed by atoms with E-state index in [4.69, 9.17) is 21.1 Å². The van der Waals surface area contributed by atoms with Gasteiger partial charge in [-0.05, 0) is 30.3 Å². The highest BCUT2D eigenvalue weighted by molar-refractivity contribution is 7.99. The summed E-state index contributed by atoms with van der Waals surface area (Å²) in [6.07, 6.45) is -0.639. The van der Waals surface area contributed by atoms with E-state index in [1.807, 2.05) is 42.5 Å². The number of hydrogen-bond acceptors (Lipinski definition) is 4. The summed E-state index contributed by atoms with van der Waals surface area (Å²) in [5.41, 5.74) is 0.848. The van der Waals surface area contributed by atoms with Crippen LogP contribution in [0.1, 0.15) is 0 Å². The molecular weight excluding hydrogens is 334 g/mol. The number of halogens is 1. The lowest BCUT2D eigenvalue weighted by Gasteiger charge is -2.33. The molecule has 0 radical (unpaired) electrons. The average molecular weight is 348 g/mol. The third kappa shape index (κ3) is 2.75. The Morgan fingerprint density at radius 3 is 2.91 bits per heavy atom. The summed E-state index contributed by atoms with van der Waals surface area (Å²) in [5, 5.41) is 0.621. The minimum absolute atomic E-state index is 0.0941. The number of ether oxygens (including phenoxy) is 2. The van der Waals surface area contributed by atoms with Gasteiger partial charge in [0.2, 0.25) is 6.10 Å². The normalized spacial score (nSPS) is 19.2. The molecule has 0 N–H and O–H groups in total. The molecule has 4 nitrogen and oxygen atoms in total. The van der Waals surface area contributed by atoms with Crippen LogP contribution < -0.4 is 14.4 Å². The topological polar surface area (TPSA) is 38.8 Å². The van der Waals surface area contributed by atoms with Gasteiger partial charge in [0.25, 0.3) is 5.91 Å². The van der Waals surface area contributed by atoms with E-state index in [-0.39, 0.29) is 12.5 Å². The summed E-state index contributed by atoms with van der Waals surface area (Å²) in [6, 6.07) is 13.0. The maximum atomic E-state index is 12.9. The predicted octanol–water partition coefficient (Wildman–Crippen LogP) is 3.62. The molecule has 0 aromatic heterocycles. The summed E-state index contributed by atoms with van der Waals surface area (Å²) < 4.78 is 11.5. The predicted molar refractivity (Wildman–Crippen MR) is 90.9 cm³/mol. The van der Waals surface area contributed by atoms with Gasteiger partial charge in [-0.15, -0.1) is 11.8 Å². The lowest BCUT2D eigenvalue weighted by molar-refractivity contribution is -0.127. The molecule has 1 amide bonds. The molecule has 0 saturated carbocycles. The summed E-state index contributed by atoms with van der Waals surface area (Å²) in [4.78, 5) is 15.7. The number of benzene rings is 2. The van der Waals surface area contributed by atoms with E-state index in [2.05, 4.69) is 0 Å². The number of carbonyl (C=O) groups excluding carboxylic acids is 1. The van der Waals surface area contributed by atoms with Gasteiger partial charge in [-0.3, -0.25) is 4.79 Å². The minimum atomic E-state index is -0.639. The molecule has 0 fully saturated rings. The lowest BCUT2D eigenvalue weighted by Crippen LogP contribution is -2.48. The van der Waals surface area contributed by atoms with E-state index in [1.54, 1.807) is 16.7 Å². The van der Waals surface area contributed by atoms with Crippen LogP contribution in [0.5, 0.6) is 11.5 Å². The van der Waals surface area contributed by atoms with Crippen molar-refractivity contribution in [2.75, 3.05) is 23.8 Å². The van der Waals surface area contributed by atoms with Crippen LogP contribution in [0.2, 0.25) is 5.02 Å². The Labute approximate surface area is 143 Å². The van der Waals surface area contributed by atoms with Crippen LogP contribution >= 0.6 is 23.4 Å². The number of fused-ring (bicyclic) bond motifs is 2. The second-order valence-corrected chi connectivity index (χ2v) is 6.89. The number of para-hydroxylation sites is 2. The zero-order valence-electron chi connectivity index (χ0n) is 12.2. The van der Waals surface area contributed by atoms with Crippen molar-refractivity contribution in [3.05, 3.63) is 47.5 Å². The summed E-state index contributed by atoms with van der Waals surface area (Å²) in [7, 11) is 0. The van der Waals surface area contributed by atoms with Crippen LogP contribution in [-0.2, 0) is 4.79 Å². The first-order valence-electron chi connectivity index (χ1n) is 7.34. The third-order valence-electron chi connectivity index (χ3n) is 3.83. The monoisotopic (exact) mass is 347 g/mol. The second kappa shape index (κ2) is 5.98. The Bertz CT molecular complexity index is 767. The molecule has 0 saturated heterocycles. The maximum Gasteiger partial charge on any atom is 0.271 e. The Kier molecular flexibility index (Phi) is 3.83. The standard InChI is InChI=1S/C17H14ClNO3S/c18-11-5-6-16-12(9-11)19(7-8-23-16)17(20)15-10-21-13-3-1-2-4-14(13)22-15/h1-6,9,15H,7-8,10H2. The first kappa shape index (κ1) is 14.7. The highest BCUT2D eigenvalue weighted by Gasteiger charge is 2.33. The van der Waals surface area contributed by atoms with Gasteiger partial charge in [0.05, 0.1) is 5.69 Å². The van der Waals surface area contributed by atoms with Gasteiger partial charge < -0.3 is 14.4 Å². The highest BCUT2D eigenvalue weighted by atomic mass is 35.5. The fraction of sp³-hybridized carbons (Fsp3) is 0.235. The van der Waals surface area contributed by atoms with Crippen molar-refractivity contribution in [2.45, 2.75) is 11.0 Å². The molecule has 0 bridgehead atoms. The molecule has 4 rings (SSSR count). The average Bonchev–Trinajstić information content (AvgIpc) is 2.60. The number of rotatable bonds is 1. The van der Waals surface area contributed by atoms with Gasteiger partial charge >= 0.3 is 0 Å². The van der Waals surface area contributed by atoms with Crippen LogP contribution in [0, 0.1) is 0 Å². The van der Waals surface area contributed by atoms with Crippen LogP contribution in [-0.4, -0.2) is 30.9 Å². The molecule has 2 aliphatic rings. The third-order valence-corrected chi connectivity index (χ3v) is 5.11. The number of nitrogens with zero attached hydrogens (tertiary/aromatic N) is 1. The molecule has 1 atom stereocenters. The number of anilines is 1. The van der Waals surface area contributed by atoms with Crippen LogP contribution in [0.25, 0.3) is 0 Å². The van der Waals surface area contributed by atoms with Crippen molar-refractivity contribution in [2.24, 2.45) is 0 Å². The minimum Gasteiger partial charge on any atom is -0.485 e. The summed E-state index contributed by atoms with van der Waals surface area (Å²) in [5.74, 6) is 2.04. The molecule has 0 spiro atoms. The van der Waals surface area contributed by atoms with E-state index in [9.17, 15) is 4.79 Å². The summed E-state index contributed by atoms with van der Waals surface area (Å²) >= 11 is 7.83. The van der Waals surface area contributed by atoms with Crippen molar-refractivity contribution in [3.8, 4) is 11.5 Å². The molecule has 1 unspecified atom stereocenters. The van der Waals surface area contributed by atoms with Crippen LogP contribution in [0.15, 0.2) is 47.4 Å². The first-order valence-corrected chi connectivity index (χ1v) is 8.71. The Morgan fingerprint density at radius 2 is 2.04 bits per heavy atom. The SMILES string of the molecule is O=C(C1COc2ccccc2O1)N1CCSc2ccc(Cl)cc21. The summed E-state index contributed by atoms with van der Waals surface area (Å²) in [6.45, 7) is 0.855. The Morgan fingerprint density at radius 1 is 1.22 bits per heavy atom. The zero-order chi connectivity index (χ0) is 15.8. The molecule has 0 aliphatic carbocycles. The number of carbonyl (C=O) groups is 1. The Hall–Kier alpha value is -1.85. The van der Waals surface area contributed by atoms with Crippen molar-refractivity contribution in [1.29, 1.82) is 0 Å². The molecule has 2 aromatic carbocycles. The quantitative estimate of drug-likeness (QED) is 0.789. The molecule has 118 valence electrons. The van der Waals surface area contributed by atoms with Gasteiger partial charge in [-0.2, -0.15) is 0 Å². The maximum absolute atomic E-state index is 12.9. The van der Waals surface area contributed by atoms with Gasteiger partial charge in [0.1, 0.15) is 6.61 Å². The van der Waals surface area contributed by atoms with Gasteiger partial charge in [0, 0.05) is 22.2 Å². The van der Waals surface area contributed by atoms with Gasteiger partial charge in [-0.1, -0.05) is 23.7 Å². The zero-order valence-corrected chi connectivity index (χ0v) is 13.8. The fourth-order valence-corrected chi connectivity index (χ4v) is 3.88. The Balaban J connectivity index is 1.60. The van der Waals surface area contributed by atoms with E-state index < -0.39 is 6.10 Å². The molecular formula is C17H14ClNO3S. The van der Waals surface area contributed by atoms with Gasteiger partial charge in [-0.25, -0.2) is 0 Å². The molecule has 2 heterocycles. The fourth-order valence-electron chi connectivity index (χ4n) is 2.73. The van der Waals surface area contributed by atoms with E-state index in [1.165, 1.54) is 0 Å². The van der Waals surface area contributed by atoms with Gasteiger partial charge in [0.15, 0.2) is 11.5 Å².